The van der Waals surface area contributed by atoms with Gasteiger partial charge in [0.2, 0.25) is 0 Å². The first kappa shape index (κ1) is 13.0. The number of ether oxygens (including phenoxy) is 1. The predicted molar refractivity (Wildman–Crippen MR) is 78.6 cm³/mol. The number of hydrogen-bond donors (Lipinski definition) is 1. The molecule has 0 radical (unpaired) electrons. The second kappa shape index (κ2) is 5.54. The third kappa shape index (κ3) is 2.79. The lowest BCUT2D eigenvalue weighted by atomic mass is 9.87. The Labute approximate surface area is 116 Å². The number of aryl methyl sites for hydroxylation is 1. The lowest BCUT2D eigenvalue weighted by Crippen LogP contribution is -2.34. The van der Waals surface area contributed by atoms with Gasteiger partial charge in [0.05, 0.1) is 7.11 Å². The van der Waals surface area contributed by atoms with Gasteiger partial charge in [0.1, 0.15) is 5.75 Å². The Hall–Kier alpha value is -1.02. The van der Waals surface area contributed by atoms with Crippen LogP contribution in [0.1, 0.15) is 56.2 Å². The smallest absolute Gasteiger partial charge is 0.119 e. The molecule has 2 aliphatic carbocycles. The van der Waals surface area contributed by atoms with E-state index in [0.29, 0.717) is 6.04 Å². The van der Waals surface area contributed by atoms with Gasteiger partial charge in [-0.05, 0) is 67.7 Å². The van der Waals surface area contributed by atoms with Gasteiger partial charge in [-0.15, -0.1) is 0 Å². The van der Waals surface area contributed by atoms with Gasteiger partial charge in [-0.3, -0.25) is 0 Å². The van der Waals surface area contributed by atoms with Crippen molar-refractivity contribution in [3.8, 4) is 5.75 Å². The van der Waals surface area contributed by atoms with E-state index in [1.54, 1.807) is 7.11 Å². The van der Waals surface area contributed by atoms with Crippen LogP contribution in [0.2, 0.25) is 0 Å². The van der Waals surface area contributed by atoms with Crippen molar-refractivity contribution >= 4 is 0 Å². The molecule has 1 unspecified atom stereocenters. The van der Waals surface area contributed by atoms with Crippen molar-refractivity contribution in [2.75, 3.05) is 7.11 Å². The molecule has 0 heterocycles. The van der Waals surface area contributed by atoms with Gasteiger partial charge in [-0.25, -0.2) is 0 Å². The molecule has 2 heteroatoms. The molecule has 1 saturated carbocycles. The van der Waals surface area contributed by atoms with Crippen molar-refractivity contribution in [2.45, 2.75) is 57.5 Å². The lowest BCUT2D eigenvalue weighted by Gasteiger charge is -2.30. The van der Waals surface area contributed by atoms with Crippen LogP contribution in [-0.4, -0.2) is 13.2 Å². The molecule has 0 saturated heterocycles. The normalized spacial score (nSPS) is 30.1. The monoisotopic (exact) mass is 259 g/mol. The molecular weight excluding hydrogens is 234 g/mol. The molecule has 1 atom stereocenters. The van der Waals surface area contributed by atoms with Crippen LogP contribution in [0.5, 0.6) is 5.75 Å². The van der Waals surface area contributed by atoms with Gasteiger partial charge in [-0.2, -0.15) is 0 Å². The van der Waals surface area contributed by atoms with Crippen LogP contribution in [0.15, 0.2) is 18.2 Å². The fourth-order valence-corrected chi connectivity index (χ4v) is 3.59. The van der Waals surface area contributed by atoms with E-state index in [4.69, 9.17) is 4.74 Å². The Balaban J connectivity index is 1.68. The van der Waals surface area contributed by atoms with Crippen molar-refractivity contribution < 1.29 is 4.74 Å². The highest BCUT2D eigenvalue weighted by Gasteiger charge is 2.26. The molecule has 104 valence electrons. The van der Waals surface area contributed by atoms with Crippen molar-refractivity contribution in [2.24, 2.45) is 5.92 Å². The number of rotatable bonds is 3. The fourth-order valence-electron chi connectivity index (χ4n) is 3.59. The largest absolute Gasteiger partial charge is 0.497 e. The summed E-state index contributed by atoms with van der Waals surface area (Å²) in [4.78, 5) is 0. The average molecular weight is 259 g/mol. The zero-order chi connectivity index (χ0) is 13.2. The highest BCUT2D eigenvalue weighted by Crippen LogP contribution is 2.35. The minimum absolute atomic E-state index is 0.545. The summed E-state index contributed by atoms with van der Waals surface area (Å²) in [6.45, 7) is 2.38. The van der Waals surface area contributed by atoms with E-state index >= 15 is 0 Å². The van der Waals surface area contributed by atoms with Gasteiger partial charge in [0.25, 0.3) is 0 Å². The highest BCUT2D eigenvalue weighted by molar-refractivity contribution is 5.40. The minimum atomic E-state index is 0.545. The molecule has 2 nitrogen and oxygen atoms in total. The van der Waals surface area contributed by atoms with Crippen LogP contribution >= 0.6 is 0 Å². The van der Waals surface area contributed by atoms with Gasteiger partial charge in [-0.1, -0.05) is 13.0 Å². The molecule has 1 N–H and O–H groups in total. The maximum Gasteiger partial charge on any atom is 0.119 e. The molecule has 1 fully saturated rings. The molecule has 0 spiro atoms. The SMILES string of the molecule is COc1ccc2c(c1)C(NC1CCC(C)CC1)CC2. The molecule has 1 aromatic carbocycles. The molecule has 19 heavy (non-hydrogen) atoms. The molecule has 2 aliphatic rings. The Kier molecular flexibility index (Phi) is 3.79. The first-order valence-corrected chi connectivity index (χ1v) is 7.69. The number of methoxy groups -OCH3 is 1. The Bertz CT molecular complexity index is 435. The molecule has 3 rings (SSSR count). The topological polar surface area (TPSA) is 21.3 Å². The quantitative estimate of drug-likeness (QED) is 0.890. The number of fused-ring (bicyclic) bond motifs is 1. The zero-order valence-electron chi connectivity index (χ0n) is 12.1. The Morgan fingerprint density at radius 2 is 1.89 bits per heavy atom. The summed E-state index contributed by atoms with van der Waals surface area (Å²) in [7, 11) is 1.75. The molecule has 0 aromatic heterocycles. The van der Waals surface area contributed by atoms with Crippen molar-refractivity contribution in [3.63, 3.8) is 0 Å². The Morgan fingerprint density at radius 1 is 1.11 bits per heavy atom. The summed E-state index contributed by atoms with van der Waals surface area (Å²) in [6.07, 6.45) is 7.91. The van der Waals surface area contributed by atoms with E-state index in [-0.39, 0.29) is 0 Å². The number of hydrogen-bond acceptors (Lipinski definition) is 2. The van der Waals surface area contributed by atoms with E-state index in [1.165, 1.54) is 49.7 Å². The second-order valence-electron chi connectivity index (χ2n) is 6.28. The van der Waals surface area contributed by atoms with E-state index < -0.39 is 0 Å². The molecule has 1 aromatic rings. The highest BCUT2D eigenvalue weighted by atomic mass is 16.5. The second-order valence-corrected chi connectivity index (χ2v) is 6.28. The van der Waals surface area contributed by atoms with Gasteiger partial charge >= 0.3 is 0 Å². The molecule has 0 amide bonds. The average Bonchev–Trinajstić information content (AvgIpc) is 2.84. The van der Waals surface area contributed by atoms with E-state index in [0.717, 1.165) is 17.7 Å². The number of nitrogens with one attached hydrogen (secondary N) is 1. The lowest BCUT2D eigenvalue weighted by molar-refractivity contribution is 0.286. The summed E-state index contributed by atoms with van der Waals surface area (Å²) in [5, 5.41) is 3.89. The molecule has 0 bridgehead atoms. The summed E-state index contributed by atoms with van der Waals surface area (Å²) < 4.78 is 5.36. The standard InChI is InChI=1S/C17H25NO/c1-12-3-7-14(8-4-12)18-17-10-6-13-5-9-15(19-2)11-16(13)17/h5,9,11-12,14,17-18H,3-4,6-8,10H2,1-2H3. The van der Waals surface area contributed by atoms with Gasteiger partial charge in [0, 0.05) is 12.1 Å². The third-order valence-corrected chi connectivity index (χ3v) is 4.88. The molecule has 0 aliphatic heterocycles. The summed E-state index contributed by atoms with van der Waals surface area (Å²) >= 11 is 0. The van der Waals surface area contributed by atoms with Gasteiger partial charge < -0.3 is 10.1 Å². The van der Waals surface area contributed by atoms with Crippen LogP contribution in [0.25, 0.3) is 0 Å². The van der Waals surface area contributed by atoms with Crippen LogP contribution in [0.4, 0.5) is 0 Å². The summed E-state index contributed by atoms with van der Waals surface area (Å²) in [5.74, 6) is 1.92. The van der Waals surface area contributed by atoms with Gasteiger partial charge in [0.15, 0.2) is 0 Å². The van der Waals surface area contributed by atoms with E-state index in [9.17, 15) is 0 Å². The first-order valence-electron chi connectivity index (χ1n) is 7.69. The van der Waals surface area contributed by atoms with Crippen molar-refractivity contribution in [1.29, 1.82) is 0 Å². The maximum absolute atomic E-state index is 5.36. The van der Waals surface area contributed by atoms with Crippen molar-refractivity contribution in [3.05, 3.63) is 29.3 Å². The summed E-state index contributed by atoms with van der Waals surface area (Å²) in [5.41, 5.74) is 2.97. The van der Waals surface area contributed by atoms with E-state index in [2.05, 4.69) is 30.4 Å². The minimum Gasteiger partial charge on any atom is -0.497 e. The number of benzene rings is 1. The van der Waals surface area contributed by atoms with Crippen LogP contribution in [0, 0.1) is 5.92 Å². The van der Waals surface area contributed by atoms with Crippen LogP contribution in [-0.2, 0) is 6.42 Å². The first-order chi connectivity index (χ1) is 9.26. The van der Waals surface area contributed by atoms with E-state index in [1.807, 2.05) is 0 Å². The van der Waals surface area contributed by atoms with Crippen molar-refractivity contribution in [1.82, 2.24) is 5.32 Å². The van der Waals surface area contributed by atoms with Crippen LogP contribution in [0.3, 0.4) is 0 Å². The predicted octanol–water partition coefficient (Wildman–Crippen LogP) is 3.85. The fraction of sp³-hybridized carbons (Fsp3) is 0.647. The Morgan fingerprint density at radius 3 is 2.63 bits per heavy atom. The molecular formula is C17H25NO. The summed E-state index contributed by atoms with van der Waals surface area (Å²) in [6, 6.07) is 7.81. The third-order valence-electron chi connectivity index (χ3n) is 4.88. The van der Waals surface area contributed by atoms with Crippen LogP contribution < -0.4 is 10.1 Å². The zero-order valence-corrected chi connectivity index (χ0v) is 12.1. The maximum atomic E-state index is 5.36.